The highest BCUT2D eigenvalue weighted by molar-refractivity contribution is 6.46. The summed E-state index contributed by atoms with van der Waals surface area (Å²) in [6, 6.07) is 11.1. The Bertz CT molecular complexity index is 1060. The number of carbonyl (C=O) groups is 2. The summed E-state index contributed by atoms with van der Waals surface area (Å²) < 4.78 is 0. The van der Waals surface area contributed by atoms with Crippen LogP contribution in [0.5, 0.6) is 0 Å². The summed E-state index contributed by atoms with van der Waals surface area (Å²) in [5.41, 5.74) is 0.474. The number of nitrogens with one attached hydrogen (secondary N) is 1. The van der Waals surface area contributed by atoms with Gasteiger partial charge in [-0.15, -0.1) is 0 Å². The van der Waals surface area contributed by atoms with Gasteiger partial charge in [0, 0.05) is 22.7 Å². The quantitative estimate of drug-likeness (QED) is 0.208. The van der Waals surface area contributed by atoms with Gasteiger partial charge < -0.3 is 14.9 Å². The van der Waals surface area contributed by atoms with Crippen LogP contribution in [0.2, 0.25) is 5.02 Å². The van der Waals surface area contributed by atoms with E-state index in [1.54, 1.807) is 30.3 Å². The van der Waals surface area contributed by atoms with Crippen LogP contribution in [0.1, 0.15) is 31.0 Å². The largest absolute Gasteiger partial charge is 0.507 e. The third-order valence-corrected chi connectivity index (χ3v) is 6.01. The summed E-state index contributed by atoms with van der Waals surface area (Å²) in [5.74, 6) is -1.89. The first-order valence-electron chi connectivity index (χ1n) is 10.4. The zero-order chi connectivity index (χ0) is 23.4. The number of ketones is 1. The van der Waals surface area contributed by atoms with Crippen LogP contribution in [0.15, 0.2) is 54.1 Å². The second kappa shape index (κ2) is 9.93. The van der Waals surface area contributed by atoms with Crippen molar-refractivity contribution in [1.29, 1.82) is 0 Å². The Hall–Kier alpha value is -3.23. The highest BCUT2D eigenvalue weighted by Crippen LogP contribution is 2.40. The maximum Gasteiger partial charge on any atom is 0.295 e. The van der Waals surface area contributed by atoms with E-state index in [0.29, 0.717) is 22.7 Å². The zero-order valence-electron chi connectivity index (χ0n) is 17.9. The van der Waals surface area contributed by atoms with E-state index in [2.05, 4.69) is 0 Å². The van der Waals surface area contributed by atoms with Gasteiger partial charge in [-0.25, -0.2) is 0 Å². The minimum absolute atomic E-state index is 0.0904. The van der Waals surface area contributed by atoms with Crippen molar-refractivity contribution in [2.45, 2.75) is 19.9 Å². The standard InChI is InChI=1S/C23H24ClN3O5/c1-3-25(4-2)12-13-26-20(16-6-5-7-18(14-16)27(31)32)19(22(29)23(26)30)21(28)15-8-10-17(24)11-9-15/h5-11,14,20,28H,3-4,12-13H2,1-2H3/p+1/b21-19-. The SMILES string of the molecule is CC[NH+](CC)CCN1C(=O)C(=O)/C(=C(\O)c2ccc(Cl)cc2)C1c1cccc([N+](=O)[O-])c1. The number of rotatable bonds is 8. The average molecular weight is 459 g/mol. The van der Waals surface area contributed by atoms with E-state index in [-0.39, 0.29) is 23.6 Å². The number of benzene rings is 2. The molecule has 0 bridgehead atoms. The first-order valence-corrected chi connectivity index (χ1v) is 10.8. The van der Waals surface area contributed by atoms with Crippen LogP contribution >= 0.6 is 11.6 Å². The lowest BCUT2D eigenvalue weighted by Gasteiger charge is -2.26. The van der Waals surface area contributed by atoms with Crippen LogP contribution in [-0.4, -0.2) is 52.8 Å². The molecule has 1 fully saturated rings. The van der Waals surface area contributed by atoms with Crippen LogP contribution in [0.4, 0.5) is 5.69 Å². The number of aliphatic hydroxyl groups is 1. The summed E-state index contributed by atoms with van der Waals surface area (Å²) in [7, 11) is 0. The summed E-state index contributed by atoms with van der Waals surface area (Å²) in [4.78, 5) is 39.4. The Morgan fingerprint density at radius 2 is 1.81 bits per heavy atom. The van der Waals surface area contributed by atoms with Crippen molar-refractivity contribution in [2.75, 3.05) is 26.2 Å². The number of hydrogen-bond acceptors (Lipinski definition) is 5. The number of Topliss-reactive ketones (excluding diaryl/α,β-unsaturated/α-hetero) is 1. The molecule has 32 heavy (non-hydrogen) atoms. The zero-order valence-corrected chi connectivity index (χ0v) is 18.6. The smallest absolute Gasteiger partial charge is 0.295 e. The molecule has 1 aliphatic heterocycles. The first kappa shape index (κ1) is 23.4. The molecule has 1 amide bonds. The van der Waals surface area contributed by atoms with Gasteiger partial charge in [0.2, 0.25) is 0 Å². The molecule has 1 saturated heterocycles. The maximum absolute atomic E-state index is 13.0. The molecule has 0 aliphatic carbocycles. The van der Waals surface area contributed by atoms with Gasteiger partial charge in [0.05, 0.1) is 42.7 Å². The second-order valence-electron chi connectivity index (χ2n) is 7.56. The number of nitro groups is 1. The normalized spacial score (nSPS) is 17.9. The lowest BCUT2D eigenvalue weighted by molar-refractivity contribution is -0.895. The van der Waals surface area contributed by atoms with Gasteiger partial charge >= 0.3 is 0 Å². The molecule has 0 aromatic heterocycles. The van der Waals surface area contributed by atoms with Gasteiger partial charge in [0.1, 0.15) is 5.76 Å². The van der Waals surface area contributed by atoms with E-state index in [4.69, 9.17) is 11.6 Å². The van der Waals surface area contributed by atoms with E-state index < -0.39 is 22.7 Å². The third kappa shape index (κ3) is 4.66. The molecule has 1 aliphatic rings. The molecule has 2 N–H and O–H groups in total. The summed E-state index contributed by atoms with van der Waals surface area (Å²) in [6.07, 6.45) is 0. The highest BCUT2D eigenvalue weighted by atomic mass is 35.5. The van der Waals surface area contributed by atoms with Crippen molar-refractivity contribution in [3.05, 3.63) is 80.4 Å². The molecular formula is C23H25ClN3O5+. The average Bonchev–Trinajstić information content (AvgIpc) is 3.04. The fraction of sp³-hybridized carbons (Fsp3) is 0.304. The number of halogens is 1. The molecule has 1 unspecified atom stereocenters. The van der Waals surface area contributed by atoms with Crippen molar-refractivity contribution in [3.8, 4) is 0 Å². The lowest BCUT2D eigenvalue weighted by atomic mass is 9.95. The number of nitro benzene ring substituents is 1. The number of likely N-dealkylation sites (N-methyl/N-ethyl adjacent to an activating group) is 1. The van der Waals surface area contributed by atoms with Crippen molar-refractivity contribution < 1.29 is 24.5 Å². The third-order valence-electron chi connectivity index (χ3n) is 5.76. The molecule has 9 heteroatoms. The molecule has 2 aromatic carbocycles. The molecule has 8 nitrogen and oxygen atoms in total. The molecule has 0 spiro atoms. The van der Waals surface area contributed by atoms with Crippen LogP contribution in [0.25, 0.3) is 5.76 Å². The Kier molecular flexibility index (Phi) is 7.27. The van der Waals surface area contributed by atoms with Crippen LogP contribution in [-0.2, 0) is 9.59 Å². The number of quaternary nitrogens is 1. The Morgan fingerprint density at radius 1 is 1.16 bits per heavy atom. The van der Waals surface area contributed by atoms with Gasteiger partial charge in [0.15, 0.2) is 0 Å². The summed E-state index contributed by atoms with van der Waals surface area (Å²) in [6.45, 7) is 6.65. The van der Waals surface area contributed by atoms with E-state index in [1.165, 1.54) is 28.0 Å². The molecule has 0 radical (unpaired) electrons. The summed E-state index contributed by atoms with van der Waals surface area (Å²) in [5, 5.41) is 22.8. The highest BCUT2D eigenvalue weighted by Gasteiger charge is 2.46. The van der Waals surface area contributed by atoms with Crippen LogP contribution in [0, 0.1) is 10.1 Å². The molecule has 3 rings (SSSR count). The second-order valence-corrected chi connectivity index (χ2v) is 8.00. The molecule has 0 saturated carbocycles. The van der Waals surface area contributed by atoms with Gasteiger partial charge in [-0.2, -0.15) is 0 Å². The van der Waals surface area contributed by atoms with E-state index in [0.717, 1.165) is 13.1 Å². The number of non-ortho nitro benzene ring substituents is 1. The van der Waals surface area contributed by atoms with Gasteiger partial charge in [-0.05, 0) is 43.7 Å². The van der Waals surface area contributed by atoms with Gasteiger partial charge in [-0.1, -0.05) is 23.7 Å². The topological polar surface area (TPSA) is 105 Å². The minimum Gasteiger partial charge on any atom is -0.507 e. The fourth-order valence-electron chi connectivity index (χ4n) is 3.91. The van der Waals surface area contributed by atoms with Gasteiger partial charge in [-0.3, -0.25) is 19.7 Å². The van der Waals surface area contributed by atoms with Crippen LogP contribution < -0.4 is 4.90 Å². The predicted molar refractivity (Wildman–Crippen MR) is 120 cm³/mol. The van der Waals surface area contributed by atoms with E-state index in [1.807, 2.05) is 13.8 Å². The van der Waals surface area contributed by atoms with Crippen molar-refractivity contribution in [3.63, 3.8) is 0 Å². The number of aliphatic hydroxyl groups excluding tert-OH is 1. The van der Waals surface area contributed by atoms with Gasteiger partial charge in [0.25, 0.3) is 17.4 Å². The lowest BCUT2D eigenvalue weighted by Crippen LogP contribution is -3.12. The summed E-state index contributed by atoms with van der Waals surface area (Å²) >= 11 is 5.93. The number of likely N-dealkylation sites (tertiary alicyclic amines) is 1. The van der Waals surface area contributed by atoms with Crippen molar-refractivity contribution in [1.82, 2.24) is 4.90 Å². The molecule has 1 atom stereocenters. The molecule has 1 heterocycles. The molecule has 168 valence electrons. The number of amides is 1. The molecular weight excluding hydrogens is 434 g/mol. The predicted octanol–water partition coefficient (Wildman–Crippen LogP) is 2.59. The van der Waals surface area contributed by atoms with E-state index >= 15 is 0 Å². The fourth-order valence-corrected chi connectivity index (χ4v) is 4.04. The number of carbonyl (C=O) groups excluding carboxylic acids is 2. The monoisotopic (exact) mass is 458 g/mol. The minimum atomic E-state index is -0.930. The first-order chi connectivity index (χ1) is 15.3. The Morgan fingerprint density at radius 3 is 2.41 bits per heavy atom. The van der Waals surface area contributed by atoms with Crippen molar-refractivity contribution in [2.24, 2.45) is 0 Å². The Labute approximate surface area is 190 Å². The van der Waals surface area contributed by atoms with Crippen molar-refractivity contribution >= 4 is 34.7 Å². The van der Waals surface area contributed by atoms with Crippen LogP contribution in [0.3, 0.4) is 0 Å². The van der Waals surface area contributed by atoms with E-state index in [9.17, 15) is 24.8 Å². The number of nitrogens with zero attached hydrogens (tertiary/aromatic N) is 2. The molecule has 2 aromatic rings. The number of hydrogen-bond donors (Lipinski definition) is 2. The maximum atomic E-state index is 13.0. The Balaban J connectivity index is 2.13.